The van der Waals surface area contributed by atoms with E-state index < -0.39 is 17.7 Å². The van der Waals surface area contributed by atoms with Gasteiger partial charge in [-0.3, -0.25) is 9.69 Å². The van der Waals surface area contributed by atoms with Crippen molar-refractivity contribution in [1.82, 2.24) is 14.7 Å². The van der Waals surface area contributed by atoms with E-state index in [-0.39, 0.29) is 35.9 Å². The number of halogens is 2. The summed E-state index contributed by atoms with van der Waals surface area (Å²) in [6, 6.07) is 11.7. The van der Waals surface area contributed by atoms with E-state index in [9.17, 15) is 23.5 Å². The zero-order valence-electron chi connectivity index (χ0n) is 21.5. The van der Waals surface area contributed by atoms with Crippen LogP contribution in [0.1, 0.15) is 68.2 Å². The van der Waals surface area contributed by atoms with Crippen LogP contribution in [0.25, 0.3) is 0 Å². The molecule has 1 atom stereocenters. The molecular formula is C29H35F2N3O3. The van der Waals surface area contributed by atoms with Gasteiger partial charge in [0.15, 0.2) is 0 Å². The molecule has 2 heterocycles. The number of carbonyl (C=O) groups is 2. The van der Waals surface area contributed by atoms with Crippen molar-refractivity contribution in [2.24, 2.45) is 5.41 Å². The summed E-state index contributed by atoms with van der Waals surface area (Å²) in [6.07, 6.45) is 2.59. The molecule has 2 saturated heterocycles. The van der Waals surface area contributed by atoms with Crippen LogP contribution >= 0.6 is 0 Å². The fourth-order valence-corrected chi connectivity index (χ4v) is 6.69. The number of likely N-dealkylation sites (tertiary alicyclic amines) is 1. The van der Waals surface area contributed by atoms with Gasteiger partial charge in [-0.2, -0.15) is 0 Å². The van der Waals surface area contributed by atoms with E-state index in [1.54, 1.807) is 0 Å². The molecule has 5 rings (SSSR count). The van der Waals surface area contributed by atoms with E-state index in [4.69, 9.17) is 0 Å². The highest BCUT2D eigenvalue weighted by Crippen LogP contribution is 2.53. The number of hydrogen-bond acceptors (Lipinski definition) is 3. The van der Waals surface area contributed by atoms with Crippen LogP contribution in [0.15, 0.2) is 42.5 Å². The normalized spacial score (nSPS) is 22.5. The predicted octanol–water partition coefficient (Wildman–Crippen LogP) is 5.40. The van der Waals surface area contributed by atoms with Crippen LogP contribution in [-0.4, -0.2) is 64.0 Å². The predicted molar refractivity (Wildman–Crippen MR) is 136 cm³/mol. The van der Waals surface area contributed by atoms with Gasteiger partial charge < -0.3 is 14.9 Å². The Hall–Kier alpha value is -3.00. The average molecular weight is 512 g/mol. The molecule has 3 aliphatic rings. The van der Waals surface area contributed by atoms with Crippen molar-refractivity contribution in [2.45, 2.75) is 64.1 Å². The fraction of sp³-hybridized carbons (Fsp3) is 0.517. The van der Waals surface area contributed by atoms with Gasteiger partial charge in [0.05, 0.1) is 12.6 Å². The smallest absolute Gasteiger partial charge is 0.407 e. The number of carbonyl (C=O) groups excluding carboxylic acids is 1. The molecule has 1 N–H and O–H groups in total. The summed E-state index contributed by atoms with van der Waals surface area (Å²) in [5, 5.41) is 9.31. The van der Waals surface area contributed by atoms with E-state index in [1.165, 1.54) is 22.6 Å². The van der Waals surface area contributed by atoms with Gasteiger partial charge in [0, 0.05) is 38.3 Å². The summed E-state index contributed by atoms with van der Waals surface area (Å²) < 4.78 is 27.7. The van der Waals surface area contributed by atoms with Crippen molar-refractivity contribution in [2.75, 3.05) is 26.2 Å². The Morgan fingerprint density at radius 1 is 1.08 bits per heavy atom. The molecule has 8 heteroatoms. The molecule has 0 bridgehead atoms. The van der Waals surface area contributed by atoms with Crippen molar-refractivity contribution >= 4 is 12.0 Å². The van der Waals surface area contributed by atoms with Crippen molar-refractivity contribution in [3.8, 4) is 0 Å². The van der Waals surface area contributed by atoms with E-state index >= 15 is 0 Å². The molecule has 2 aromatic carbocycles. The Kier molecular flexibility index (Phi) is 6.96. The topological polar surface area (TPSA) is 64.1 Å². The molecule has 37 heavy (non-hydrogen) atoms. The molecule has 0 aromatic heterocycles. The molecule has 1 spiro atoms. The van der Waals surface area contributed by atoms with Crippen LogP contribution in [0.2, 0.25) is 0 Å². The van der Waals surface area contributed by atoms with Gasteiger partial charge in [0.2, 0.25) is 5.91 Å². The first kappa shape index (κ1) is 25.6. The Labute approximate surface area is 216 Å². The maximum absolute atomic E-state index is 13.8. The number of piperidine rings is 1. The highest BCUT2D eigenvalue weighted by molar-refractivity contribution is 5.80. The third-order valence-electron chi connectivity index (χ3n) is 8.54. The van der Waals surface area contributed by atoms with Gasteiger partial charge in [-0.15, -0.1) is 0 Å². The van der Waals surface area contributed by atoms with Gasteiger partial charge in [0.25, 0.3) is 0 Å². The van der Waals surface area contributed by atoms with Crippen LogP contribution in [0.3, 0.4) is 0 Å². The van der Waals surface area contributed by atoms with E-state index in [0.717, 1.165) is 37.3 Å². The van der Waals surface area contributed by atoms with Crippen molar-refractivity contribution < 1.29 is 23.5 Å². The molecule has 0 radical (unpaired) electrons. The highest BCUT2D eigenvalue weighted by atomic mass is 19.1. The number of benzene rings is 2. The minimum atomic E-state index is -0.861. The minimum absolute atomic E-state index is 0.0366. The Bertz CT molecular complexity index is 1150. The van der Waals surface area contributed by atoms with Crippen molar-refractivity contribution in [3.63, 3.8) is 0 Å². The van der Waals surface area contributed by atoms with Gasteiger partial charge in [-0.05, 0) is 65.8 Å². The SMILES string of the molecule is CC(C)c1ccccc1C1CN(Cc2cc(F)cc(F)c2)CC(=O)N1C1CC2(CCN(C(=O)O)CC2)C1. The third-order valence-corrected chi connectivity index (χ3v) is 8.54. The second-order valence-corrected chi connectivity index (χ2v) is 11.4. The quantitative estimate of drug-likeness (QED) is 0.584. The monoisotopic (exact) mass is 511 g/mol. The Morgan fingerprint density at radius 2 is 1.73 bits per heavy atom. The number of hydrogen-bond donors (Lipinski definition) is 1. The molecule has 2 aliphatic heterocycles. The van der Waals surface area contributed by atoms with E-state index in [1.807, 2.05) is 17.0 Å². The second-order valence-electron chi connectivity index (χ2n) is 11.4. The molecule has 6 nitrogen and oxygen atoms in total. The number of piperazine rings is 1. The number of carboxylic acid groups (broad SMARTS) is 1. The number of nitrogens with zero attached hydrogens (tertiary/aromatic N) is 3. The van der Waals surface area contributed by atoms with Crippen LogP contribution in [0.4, 0.5) is 13.6 Å². The Balaban J connectivity index is 1.38. The number of rotatable bonds is 5. The molecule has 1 unspecified atom stereocenters. The number of amides is 2. The first-order valence-corrected chi connectivity index (χ1v) is 13.2. The lowest BCUT2D eigenvalue weighted by molar-refractivity contribution is -0.153. The van der Waals surface area contributed by atoms with E-state index in [2.05, 4.69) is 30.9 Å². The summed E-state index contributed by atoms with van der Waals surface area (Å²) in [4.78, 5) is 30.6. The summed E-state index contributed by atoms with van der Waals surface area (Å²) in [5.74, 6) is -0.908. The van der Waals surface area contributed by atoms with Crippen molar-refractivity contribution in [3.05, 3.63) is 70.8 Å². The zero-order chi connectivity index (χ0) is 26.3. The lowest BCUT2D eigenvalue weighted by Gasteiger charge is -2.58. The Morgan fingerprint density at radius 3 is 2.35 bits per heavy atom. The highest BCUT2D eigenvalue weighted by Gasteiger charge is 2.52. The first-order chi connectivity index (χ1) is 17.6. The van der Waals surface area contributed by atoms with Gasteiger partial charge in [0.1, 0.15) is 11.6 Å². The fourth-order valence-electron chi connectivity index (χ4n) is 6.69. The standard InChI is InChI=1S/C29H35F2N3O3/c1-19(2)24-5-3-4-6-25(24)26-17-32(16-20-11-21(30)13-22(31)12-20)18-27(35)34(26)23-14-29(15-23)7-9-33(10-8-29)28(36)37/h3-6,11-13,19,23,26H,7-10,14-18H2,1-2H3,(H,36,37). The summed E-state index contributed by atoms with van der Waals surface area (Å²) >= 11 is 0. The largest absolute Gasteiger partial charge is 0.465 e. The first-order valence-electron chi connectivity index (χ1n) is 13.2. The van der Waals surface area contributed by atoms with Gasteiger partial charge in [-0.1, -0.05) is 38.1 Å². The van der Waals surface area contributed by atoms with Crippen molar-refractivity contribution in [1.29, 1.82) is 0 Å². The maximum Gasteiger partial charge on any atom is 0.407 e. The molecule has 2 aromatic rings. The zero-order valence-corrected chi connectivity index (χ0v) is 21.5. The van der Waals surface area contributed by atoms with Crippen LogP contribution in [-0.2, 0) is 11.3 Å². The lowest BCUT2D eigenvalue weighted by Crippen LogP contribution is -2.62. The van der Waals surface area contributed by atoms with E-state index in [0.29, 0.717) is 31.7 Å². The maximum atomic E-state index is 13.8. The van der Waals surface area contributed by atoms with Gasteiger partial charge in [-0.25, -0.2) is 13.6 Å². The molecule has 2 amide bonds. The molecule has 1 saturated carbocycles. The molecule has 3 fully saturated rings. The molecule has 198 valence electrons. The molecular weight excluding hydrogens is 476 g/mol. The van der Waals surface area contributed by atoms with Gasteiger partial charge >= 0.3 is 6.09 Å². The van der Waals surface area contributed by atoms with Crippen LogP contribution in [0.5, 0.6) is 0 Å². The summed E-state index contributed by atoms with van der Waals surface area (Å²) in [7, 11) is 0. The summed E-state index contributed by atoms with van der Waals surface area (Å²) in [5.41, 5.74) is 2.95. The third kappa shape index (κ3) is 5.21. The second kappa shape index (κ2) is 10.0. The summed E-state index contributed by atoms with van der Waals surface area (Å²) in [6.45, 7) is 6.49. The van der Waals surface area contributed by atoms with Crippen LogP contribution < -0.4 is 0 Å². The van der Waals surface area contributed by atoms with Crippen LogP contribution in [0, 0.1) is 17.0 Å². The lowest BCUT2D eigenvalue weighted by atomic mass is 9.59. The average Bonchev–Trinajstić information content (AvgIpc) is 2.82. The molecule has 1 aliphatic carbocycles. The minimum Gasteiger partial charge on any atom is -0.465 e.